The number of pyridine rings is 2. The highest BCUT2D eigenvalue weighted by molar-refractivity contribution is 8.00. The van der Waals surface area contributed by atoms with Gasteiger partial charge < -0.3 is 10.8 Å². The van der Waals surface area contributed by atoms with Crippen molar-refractivity contribution in [2.75, 3.05) is 11.5 Å². The van der Waals surface area contributed by atoms with Gasteiger partial charge >= 0.3 is 0 Å². The number of hydrogen-bond acceptors (Lipinski definition) is 8. The molecule has 0 bridgehead atoms. The van der Waals surface area contributed by atoms with Crippen LogP contribution >= 0.6 is 11.8 Å². The predicted molar refractivity (Wildman–Crippen MR) is 104 cm³/mol. The first kappa shape index (κ1) is 18.9. The maximum Gasteiger partial charge on any atom is 0.191 e. The van der Waals surface area contributed by atoms with Crippen LogP contribution in [0.3, 0.4) is 0 Å². The van der Waals surface area contributed by atoms with Gasteiger partial charge in [-0.25, -0.2) is 4.98 Å². The molecule has 0 spiro atoms. The second-order valence-corrected chi connectivity index (χ2v) is 6.59. The van der Waals surface area contributed by atoms with Gasteiger partial charge in [-0.2, -0.15) is 10.5 Å². The maximum atomic E-state index is 12.3. The van der Waals surface area contributed by atoms with Crippen molar-refractivity contribution < 1.29 is 9.90 Å². The van der Waals surface area contributed by atoms with Gasteiger partial charge in [-0.05, 0) is 29.8 Å². The number of anilines is 1. The van der Waals surface area contributed by atoms with E-state index in [4.69, 9.17) is 5.73 Å². The number of Topliss-reactive ketones (excluding diaryl/α,β-unsaturated/α-hetero) is 1. The lowest BCUT2D eigenvalue weighted by Gasteiger charge is -2.13. The Morgan fingerprint density at radius 3 is 2.57 bits per heavy atom. The zero-order chi connectivity index (χ0) is 20.1. The summed E-state index contributed by atoms with van der Waals surface area (Å²) in [6.45, 7) is 0. The Morgan fingerprint density at radius 2 is 1.93 bits per heavy atom. The summed E-state index contributed by atoms with van der Waals surface area (Å²) >= 11 is 1.05. The summed E-state index contributed by atoms with van der Waals surface area (Å²) in [5, 5.41) is 29.2. The van der Waals surface area contributed by atoms with Crippen LogP contribution in [0, 0.1) is 22.7 Å². The Balaban J connectivity index is 2.04. The van der Waals surface area contributed by atoms with E-state index >= 15 is 0 Å². The normalized spacial score (nSPS) is 10.1. The number of hydrogen-bond donors (Lipinski definition) is 2. The van der Waals surface area contributed by atoms with Crippen LogP contribution in [0.25, 0.3) is 11.1 Å². The number of aromatic nitrogens is 2. The van der Waals surface area contributed by atoms with Gasteiger partial charge in [0.2, 0.25) is 0 Å². The molecule has 8 heteroatoms. The third kappa shape index (κ3) is 3.78. The minimum Gasteiger partial charge on any atom is -0.508 e. The Bertz CT molecular complexity index is 1130. The Kier molecular flexibility index (Phi) is 5.54. The van der Waals surface area contributed by atoms with Crippen molar-refractivity contribution in [3.63, 3.8) is 0 Å². The van der Waals surface area contributed by atoms with Crippen LogP contribution in [-0.2, 0) is 0 Å². The number of nitrogens with zero attached hydrogens (tertiary/aromatic N) is 4. The van der Waals surface area contributed by atoms with Crippen LogP contribution in [0.4, 0.5) is 5.82 Å². The second-order valence-electron chi connectivity index (χ2n) is 5.63. The Hall–Kier alpha value is -3.88. The highest BCUT2D eigenvalue weighted by Crippen LogP contribution is 2.36. The fourth-order valence-corrected chi connectivity index (χ4v) is 3.46. The van der Waals surface area contributed by atoms with Gasteiger partial charge in [0, 0.05) is 11.8 Å². The molecule has 0 radical (unpaired) electrons. The number of phenolic OH excluding ortho intramolecular Hbond substituents is 1. The molecule has 2 aromatic heterocycles. The molecule has 2 heterocycles. The van der Waals surface area contributed by atoms with E-state index in [1.54, 1.807) is 30.3 Å². The van der Waals surface area contributed by atoms with Crippen molar-refractivity contribution in [2.45, 2.75) is 5.03 Å². The van der Waals surface area contributed by atoms with E-state index in [0.29, 0.717) is 11.3 Å². The molecule has 0 aliphatic heterocycles. The summed E-state index contributed by atoms with van der Waals surface area (Å²) in [5.41, 5.74) is 7.14. The first-order valence-corrected chi connectivity index (χ1v) is 9.03. The molecule has 7 nitrogen and oxygen atoms in total. The van der Waals surface area contributed by atoms with Gasteiger partial charge in [-0.3, -0.25) is 9.78 Å². The zero-order valence-electron chi connectivity index (χ0n) is 14.5. The van der Waals surface area contributed by atoms with Crippen molar-refractivity contribution in [1.29, 1.82) is 10.5 Å². The number of aromatic hydroxyl groups is 1. The lowest BCUT2D eigenvalue weighted by atomic mass is 9.97. The van der Waals surface area contributed by atoms with Crippen LogP contribution in [0.1, 0.15) is 21.6 Å². The fraction of sp³-hybridized carbons (Fsp3) is 0.0500. The number of rotatable bonds is 5. The highest BCUT2D eigenvalue weighted by atomic mass is 32.2. The molecule has 0 aliphatic rings. The number of thioether (sulfide) groups is 1. The van der Waals surface area contributed by atoms with Crippen molar-refractivity contribution >= 4 is 23.4 Å². The van der Waals surface area contributed by atoms with Crippen LogP contribution in [0.5, 0.6) is 5.75 Å². The van der Waals surface area contributed by atoms with Crippen molar-refractivity contribution in [3.05, 3.63) is 65.5 Å². The molecule has 0 fully saturated rings. The Morgan fingerprint density at radius 1 is 1.14 bits per heavy atom. The van der Waals surface area contributed by atoms with E-state index in [1.165, 1.54) is 18.3 Å². The lowest BCUT2D eigenvalue weighted by molar-refractivity contribution is 0.101. The average Bonchev–Trinajstić information content (AvgIpc) is 2.72. The predicted octanol–water partition coefficient (Wildman–Crippen LogP) is 3.15. The van der Waals surface area contributed by atoms with Gasteiger partial charge in [-0.1, -0.05) is 30.0 Å². The molecular weight excluding hydrogens is 374 g/mol. The minimum absolute atomic E-state index is 0.00349. The molecule has 3 rings (SSSR count). The average molecular weight is 387 g/mol. The molecule has 0 aliphatic carbocycles. The summed E-state index contributed by atoms with van der Waals surface area (Å²) < 4.78 is 0. The van der Waals surface area contributed by atoms with E-state index in [-0.39, 0.29) is 44.8 Å². The molecule has 0 saturated heterocycles. The van der Waals surface area contributed by atoms with Crippen LogP contribution < -0.4 is 5.73 Å². The van der Waals surface area contributed by atoms with Crippen LogP contribution in [-0.4, -0.2) is 26.6 Å². The van der Waals surface area contributed by atoms with E-state index in [2.05, 4.69) is 9.97 Å². The highest BCUT2D eigenvalue weighted by Gasteiger charge is 2.21. The molecule has 3 N–H and O–H groups in total. The van der Waals surface area contributed by atoms with Crippen LogP contribution in [0.2, 0.25) is 0 Å². The molecule has 0 amide bonds. The number of carbonyl (C=O) groups is 1. The van der Waals surface area contributed by atoms with Gasteiger partial charge in [0.15, 0.2) is 5.78 Å². The molecule has 28 heavy (non-hydrogen) atoms. The third-order valence-electron chi connectivity index (χ3n) is 3.84. The largest absolute Gasteiger partial charge is 0.508 e. The summed E-state index contributed by atoms with van der Waals surface area (Å²) in [7, 11) is 0. The summed E-state index contributed by atoms with van der Waals surface area (Å²) in [6, 6.07) is 15.2. The minimum atomic E-state index is -0.224. The van der Waals surface area contributed by atoms with Gasteiger partial charge in [-0.15, -0.1) is 0 Å². The quantitative estimate of drug-likeness (QED) is 0.503. The number of ketones is 1. The number of nitriles is 2. The van der Waals surface area contributed by atoms with E-state index < -0.39 is 0 Å². The maximum absolute atomic E-state index is 12.3. The number of carbonyl (C=O) groups excluding carboxylic acids is 1. The molecule has 0 saturated carbocycles. The van der Waals surface area contributed by atoms with Crippen molar-refractivity contribution in [3.8, 4) is 29.0 Å². The molecule has 1 aromatic carbocycles. The van der Waals surface area contributed by atoms with Crippen molar-refractivity contribution in [2.24, 2.45) is 0 Å². The molecule has 0 atom stereocenters. The third-order valence-corrected chi connectivity index (χ3v) is 4.82. The number of nitrogen functional groups attached to an aromatic ring is 1. The molecular formula is C20H13N5O2S. The summed E-state index contributed by atoms with van der Waals surface area (Å²) in [4.78, 5) is 20.5. The Labute approximate surface area is 165 Å². The monoisotopic (exact) mass is 387 g/mol. The van der Waals surface area contributed by atoms with Crippen molar-refractivity contribution in [1.82, 2.24) is 9.97 Å². The topological polar surface area (TPSA) is 137 Å². The SMILES string of the molecule is N#Cc1c(N)nc(SCC(=O)c2ccccn2)c(C#N)c1-c1cccc(O)c1. The van der Waals surface area contributed by atoms with E-state index in [1.807, 2.05) is 12.1 Å². The standard InChI is InChI=1S/C20H13N5O2S/c21-9-14-18(12-4-3-5-13(26)8-12)15(10-22)20(25-19(14)23)28-11-17(27)16-6-1-2-7-24-16/h1-8,26H,11H2,(H2,23,25). The molecule has 136 valence electrons. The fourth-order valence-electron chi connectivity index (χ4n) is 2.59. The smallest absolute Gasteiger partial charge is 0.191 e. The summed E-state index contributed by atoms with van der Waals surface area (Å²) in [6.07, 6.45) is 1.52. The van der Waals surface area contributed by atoms with Crippen LogP contribution in [0.15, 0.2) is 53.7 Å². The lowest BCUT2D eigenvalue weighted by Crippen LogP contribution is -2.07. The zero-order valence-corrected chi connectivity index (χ0v) is 15.3. The second kappa shape index (κ2) is 8.21. The van der Waals surface area contributed by atoms with Gasteiger partial charge in [0.05, 0.1) is 11.3 Å². The van der Waals surface area contributed by atoms with E-state index in [0.717, 1.165) is 11.8 Å². The first-order chi connectivity index (χ1) is 13.5. The summed E-state index contributed by atoms with van der Waals surface area (Å²) in [5.74, 6) is -0.283. The molecule has 3 aromatic rings. The van der Waals surface area contributed by atoms with Gasteiger partial charge in [0.25, 0.3) is 0 Å². The number of benzene rings is 1. The number of nitrogens with two attached hydrogens (primary N) is 1. The first-order valence-electron chi connectivity index (χ1n) is 8.05. The molecule has 0 unspecified atom stereocenters. The van der Waals surface area contributed by atoms with Gasteiger partial charge in [0.1, 0.15) is 40.0 Å². The van der Waals surface area contributed by atoms with E-state index in [9.17, 15) is 20.4 Å². The number of phenols is 1.